The smallest absolute Gasteiger partial charge is 0.405 e. The Kier molecular flexibility index (Phi) is 5.71. The Morgan fingerprint density at radius 1 is 1.32 bits per heavy atom. The van der Waals surface area contributed by atoms with E-state index in [0.29, 0.717) is 12.0 Å². The van der Waals surface area contributed by atoms with Crippen molar-refractivity contribution in [3.05, 3.63) is 40.2 Å². The van der Waals surface area contributed by atoms with Crippen molar-refractivity contribution in [2.24, 2.45) is 0 Å². The highest BCUT2D eigenvalue weighted by Crippen LogP contribution is 2.24. The quantitative estimate of drug-likeness (QED) is 0.806. The first kappa shape index (κ1) is 18.8. The van der Waals surface area contributed by atoms with E-state index in [9.17, 15) is 22.8 Å². The van der Waals surface area contributed by atoms with Gasteiger partial charge in [-0.15, -0.1) is 0 Å². The molecule has 2 aromatic rings. The molecule has 0 bridgehead atoms. The molecular weight excluding hydrogens is 339 g/mol. The predicted molar refractivity (Wildman–Crippen MR) is 85.6 cm³/mol. The molecule has 1 unspecified atom stereocenters. The minimum Gasteiger partial charge on any atom is -0.481 e. The van der Waals surface area contributed by atoms with Gasteiger partial charge in [0.05, 0.1) is 0 Å². The number of hydrogen-bond donors (Lipinski definition) is 1. The van der Waals surface area contributed by atoms with E-state index in [1.165, 1.54) is 19.1 Å². The lowest BCUT2D eigenvalue weighted by Crippen LogP contribution is -2.41. The third kappa shape index (κ3) is 5.23. The topological polar surface area (TPSA) is 68.5 Å². The van der Waals surface area contributed by atoms with E-state index < -0.39 is 30.4 Å². The van der Waals surface area contributed by atoms with Crippen LogP contribution in [0.3, 0.4) is 0 Å². The molecule has 25 heavy (non-hydrogen) atoms. The maximum absolute atomic E-state index is 12.1. The zero-order valence-electron chi connectivity index (χ0n) is 13.8. The van der Waals surface area contributed by atoms with Crippen LogP contribution in [0.2, 0.25) is 0 Å². The first-order chi connectivity index (χ1) is 11.7. The number of carbonyl (C=O) groups excluding carboxylic acids is 1. The molecule has 5 nitrogen and oxygen atoms in total. The summed E-state index contributed by atoms with van der Waals surface area (Å²) in [5, 5.41) is 2.51. The van der Waals surface area contributed by atoms with E-state index >= 15 is 0 Å². The molecule has 8 heteroatoms. The lowest BCUT2D eigenvalue weighted by molar-refractivity contribution is -0.142. The number of nitrogens with one attached hydrogen (secondary N) is 1. The van der Waals surface area contributed by atoms with Crippen LogP contribution in [0.15, 0.2) is 33.5 Å². The van der Waals surface area contributed by atoms with Gasteiger partial charge in [0, 0.05) is 17.5 Å². The normalized spacial score (nSPS) is 12.8. The van der Waals surface area contributed by atoms with Crippen LogP contribution in [0.25, 0.3) is 11.0 Å². The standard InChI is InChI=1S/C17H18F3NO4/c1-3-4-11-7-15(22)25-14-8-12(5-6-13(11)14)24-10(2)16(23)21-9-17(18,19)20/h5-8,10H,3-4,9H2,1-2H3,(H,21,23). The van der Waals surface area contributed by atoms with Crippen molar-refractivity contribution in [2.45, 2.75) is 39.0 Å². The van der Waals surface area contributed by atoms with E-state index in [0.717, 1.165) is 17.4 Å². The van der Waals surface area contributed by atoms with Gasteiger partial charge in [0.2, 0.25) is 0 Å². The maximum atomic E-state index is 12.1. The van der Waals surface area contributed by atoms with Crippen molar-refractivity contribution < 1.29 is 27.1 Å². The van der Waals surface area contributed by atoms with Crippen LogP contribution in [-0.4, -0.2) is 24.7 Å². The first-order valence-corrected chi connectivity index (χ1v) is 7.77. The molecule has 1 atom stereocenters. The lowest BCUT2D eigenvalue weighted by atomic mass is 10.1. The van der Waals surface area contributed by atoms with Gasteiger partial charge in [0.1, 0.15) is 17.9 Å². The van der Waals surface area contributed by atoms with E-state index in [4.69, 9.17) is 9.15 Å². The molecule has 0 saturated carbocycles. The number of aryl methyl sites for hydroxylation is 1. The highest BCUT2D eigenvalue weighted by molar-refractivity contribution is 5.83. The Hall–Kier alpha value is -2.51. The fourth-order valence-corrected chi connectivity index (χ4v) is 2.35. The number of rotatable bonds is 6. The fourth-order valence-electron chi connectivity index (χ4n) is 2.35. The molecule has 0 spiro atoms. The summed E-state index contributed by atoms with van der Waals surface area (Å²) in [6, 6.07) is 6.15. The summed E-state index contributed by atoms with van der Waals surface area (Å²) < 4.78 is 46.9. The number of alkyl halides is 3. The number of halogens is 3. The molecule has 0 aliphatic heterocycles. The van der Waals surface area contributed by atoms with Gasteiger partial charge in [-0.05, 0) is 31.0 Å². The molecule has 1 aromatic heterocycles. The van der Waals surface area contributed by atoms with E-state index in [1.54, 1.807) is 17.4 Å². The molecule has 0 fully saturated rings. The van der Waals surface area contributed by atoms with Crippen LogP contribution in [0.4, 0.5) is 13.2 Å². The highest BCUT2D eigenvalue weighted by atomic mass is 19.4. The Balaban J connectivity index is 2.16. The molecule has 136 valence electrons. The number of amides is 1. The van der Waals surface area contributed by atoms with Crippen molar-refractivity contribution in [3.8, 4) is 5.75 Å². The molecule has 1 heterocycles. The van der Waals surface area contributed by atoms with E-state index in [-0.39, 0.29) is 5.75 Å². The Bertz CT molecular complexity index is 814. The van der Waals surface area contributed by atoms with E-state index in [2.05, 4.69) is 0 Å². The summed E-state index contributed by atoms with van der Waals surface area (Å²) in [5.74, 6) is -0.669. The van der Waals surface area contributed by atoms with Gasteiger partial charge < -0.3 is 14.5 Å². The summed E-state index contributed by atoms with van der Waals surface area (Å²) in [4.78, 5) is 23.3. The number of ether oxygens (including phenoxy) is 1. The third-order valence-electron chi connectivity index (χ3n) is 3.47. The van der Waals surface area contributed by atoms with Crippen LogP contribution < -0.4 is 15.7 Å². The van der Waals surface area contributed by atoms with Crippen LogP contribution in [0, 0.1) is 0 Å². The SMILES string of the molecule is CCCc1cc(=O)oc2cc(OC(C)C(=O)NCC(F)(F)F)ccc12. The monoisotopic (exact) mass is 357 g/mol. The Morgan fingerprint density at radius 3 is 2.68 bits per heavy atom. The van der Waals surface area contributed by atoms with Crippen LogP contribution >= 0.6 is 0 Å². The molecule has 0 aliphatic rings. The lowest BCUT2D eigenvalue weighted by Gasteiger charge is -2.16. The predicted octanol–water partition coefficient (Wildman–Crippen LogP) is 3.19. The molecular formula is C17H18F3NO4. The van der Waals surface area contributed by atoms with Crippen molar-refractivity contribution in [2.75, 3.05) is 6.54 Å². The molecule has 2 rings (SSSR count). The van der Waals surface area contributed by atoms with Gasteiger partial charge in [0.25, 0.3) is 5.91 Å². The van der Waals surface area contributed by atoms with Gasteiger partial charge in [-0.3, -0.25) is 4.79 Å². The van der Waals surface area contributed by atoms with Gasteiger partial charge in [0.15, 0.2) is 6.10 Å². The van der Waals surface area contributed by atoms with Gasteiger partial charge >= 0.3 is 11.8 Å². The van der Waals surface area contributed by atoms with Crippen molar-refractivity contribution >= 4 is 16.9 Å². The van der Waals surface area contributed by atoms with Crippen LogP contribution in [-0.2, 0) is 11.2 Å². The fraction of sp³-hybridized carbons (Fsp3) is 0.412. The summed E-state index contributed by atoms with van der Waals surface area (Å²) in [6.45, 7) is 1.89. The molecule has 0 saturated heterocycles. The molecule has 1 aromatic carbocycles. The van der Waals surface area contributed by atoms with Gasteiger partial charge in [-0.2, -0.15) is 13.2 Å². The van der Waals surface area contributed by atoms with Crippen LogP contribution in [0.5, 0.6) is 5.75 Å². The Morgan fingerprint density at radius 2 is 2.04 bits per heavy atom. The largest absolute Gasteiger partial charge is 0.481 e. The zero-order valence-corrected chi connectivity index (χ0v) is 13.8. The van der Waals surface area contributed by atoms with Crippen LogP contribution in [0.1, 0.15) is 25.8 Å². The van der Waals surface area contributed by atoms with E-state index in [1.807, 2.05) is 6.92 Å². The zero-order chi connectivity index (χ0) is 18.6. The molecule has 0 radical (unpaired) electrons. The second-order valence-corrected chi connectivity index (χ2v) is 5.59. The first-order valence-electron chi connectivity index (χ1n) is 7.77. The number of benzene rings is 1. The second kappa shape index (κ2) is 7.58. The third-order valence-corrected chi connectivity index (χ3v) is 3.47. The molecule has 1 N–H and O–H groups in total. The molecule has 0 aliphatic carbocycles. The average Bonchev–Trinajstić information content (AvgIpc) is 2.51. The highest BCUT2D eigenvalue weighted by Gasteiger charge is 2.29. The van der Waals surface area contributed by atoms with Crippen molar-refractivity contribution in [1.29, 1.82) is 0 Å². The Labute approximate surface area is 141 Å². The maximum Gasteiger partial charge on any atom is 0.405 e. The number of fused-ring (bicyclic) bond motifs is 1. The van der Waals surface area contributed by atoms with Gasteiger partial charge in [-0.25, -0.2) is 4.79 Å². The average molecular weight is 357 g/mol. The summed E-state index contributed by atoms with van der Waals surface area (Å²) in [5.41, 5.74) is 0.650. The number of hydrogen-bond acceptors (Lipinski definition) is 4. The summed E-state index contributed by atoms with van der Waals surface area (Å²) in [6.07, 6.45) is -4.06. The van der Waals surface area contributed by atoms with Gasteiger partial charge in [-0.1, -0.05) is 13.3 Å². The van der Waals surface area contributed by atoms with Crippen molar-refractivity contribution in [3.63, 3.8) is 0 Å². The molecule has 1 amide bonds. The summed E-state index contributed by atoms with van der Waals surface area (Å²) in [7, 11) is 0. The van der Waals surface area contributed by atoms with Crippen molar-refractivity contribution in [1.82, 2.24) is 5.32 Å². The number of carbonyl (C=O) groups is 1. The summed E-state index contributed by atoms with van der Waals surface area (Å²) >= 11 is 0. The second-order valence-electron chi connectivity index (χ2n) is 5.59. The minimum absolute atomic E-state index is 0.221. The minimum atomic E-state index is -4.49.